The first-order chi connectivity index (χ1) is 15.0. The van der Waals surface area contributed by atoms with E-state index in [2.05, 4.69) is 17.4 Å². The molecular weight excluding hydrogens is 390 g/mol. The highest BCUT2D eigenvalue weighted by molar-refractivity contribution is 6.00. The van der Waals surface area contributed by atoms with Gasteiger partial charge in [-0.1, -0.05) is 30.3 Å². The molecule has 0 bridgehead atoms. The molecule has 0 fully saturated rings. The van der Waals surface area contributed by atoms with E-state index < -0.39 is 0 Å². The molecule has 0 spiro atoms. The fourth-order valence-corrected chi connectivity index (χ4v) is 3.41. The minimum Gasteiger partial charge on any atom is -0.493 e. The number of ether oxygens (including phenoxy) is 2. The Morgan fingerprint density at radius 2 is 1.97 bits per heavy atom. The van der Waals surface area contributed by atoms with Crippen molar-refractivity contribution in [3.8, 4) is 16.9 Å². The Labute approximate surface area is 184 Å². The van der Waals surface area contributed by atoms with Crippen molar-refractivity contribution in [1.82, 2.24) is 5.32 Å². The van der Waals surface area contributed by atoms with Crippen molar-refractivity contribution in [3.63, 3.8) is 0 Å². The predicted molar refractivity (Wildman–Crippen MR) is 125 cm³/mol. The molecule has 5 nitrogen and oxygen atoms in total. The molecule has 1 N–H and O–H groups in total. The zero-order valence-corrected chi connectivity index (χ0v) is 18.7. The minimum absolute atomic E-state index is 0.125. The molecule has 0 aliphatic carbocycles. The highest BCUT2D eigenvalue weighted by atomic mass is 16.5. The van der Waals surface area contributed by atoms with Gasteiger partial charge in [0.25, 0.3) is 0 Å². The van der Waals surface area contributed by atoms with E-state index in [0.717, 1.165) is 39.7 Å². The average Bonchev–Trinajstić information content (AvgIpc) is 3.16. The molecule has 0 saturated carbocycles. The lowest BCUT2D eigenvalue weighted by Gasteiger charge is -2.12. The predicted octanol–water partition coefficient (Wildman–Crippen LogP) is 5.83. The van der Waals surface area contributed by atoms with Crippen LogP contribution >= 0.6 is 0 Å². The van der Waals surface area contributed by atoms with Crippen molar-refractivity contribution >= 4 is 22.4 Å². The maximum absolute atomic E-state index is 12.4. The summed E-state index contributed by atoms with van der Waals surface area (Å²) < 4.78 is 17.2. The van der Waals surface area contributed by atoms with Crippen molar-refractivity contribution < 1.29 is 18.7 Å². The lowest BCUT2D eigenvalue weighted by Crippen LogP contribution is -2.23. The van der Waals surface area contributed by atoms with Crippen LogP contribution in [0, 0.1) is 0 Å². The van der Waals surface area contributed by atoms with Crippen LogP contribution in [0.25, 0.3) is 27.7 Å². The largest absolute Gasteiger partial charge is 0.493 e. The molecule has 164 valence electrons. The summed E-state index contributed by atoms with van der Waals surface area (Å²) in [6.45, 7) is 9.60. The summed E-state index contributed by atoms with van der Waals surface area (Å²) in [5, 5.41) is 3.91. The highest BCUT2D eigenvalue weighted by Gasteiger charge is 2.15. The summed E-state index contributed by atoms with van der Waals surface area (Å²) in [5.74, 6) is 0.580. The zero-order valence-electron chi connectivity index (χ0n) is 18.7. The van der Waals surface area contributed by atoms with Crippen LogP contribution in [0.1, 0.15) is 39.7 Å². The molecule has 0 atom stereocenters. The molecule has 0 radical (unpaired) electrons. The second kappa shape index (κ2) is 10.8. The molecule has 5 heteroatoms. The van der Waals surface area contributed by atoms with Crippen LogP contribution in [0.4, 0.5) is 0 Å². The van der Waals surface area contributed by atoms with Gasteiger partial charge in [-0.25, -0.2) is 0 Å². The monoisotopic (exact) mass is 421 g/mol. The van der Waals surface area contributed by atoms with Crippen molar-refractivity contribution in [2.24, 2.45) is 0 Å². The fourth-order valence-electron chi connectivity index (χ4n) is 3.41. The topological polar surface area (TPSA) is 60.7 Å². The van der Waals surface area contributed by atoms with Crippen LogP contribution < -0.4 is 10.1 Å². The summed E-state index contributed by atoms with van der Waals surface area (Å²) in [4.78, 5) is 12.4. The number of rotatable bonds is 10. The van der Waals surface area contributed by atoms with Crippen LogP contribution in [-0.2, 0) is 9.53 Å². The molecule has 0 aliphatic heterocycles. The van der Waals surface area contributed by atoms with E-state index in [-0.39, 0.29) is 12.0 Å². The number of benzene rings is 2. The van der Waals surface area contributed by atoms with Crippen molar-refractivity contribution in [1.29, 1.82) is 0 Å². The number of amides is 1. The number of furan rings is 1. The standard InChI is InChI=1S/C26H31NO4/c1-5-29-24-16-25-22(23(17-31-25)20-10-7-6-8-11-20)15-21(24)19(4)14-26(28)27-12-9-13-30-18(2)3/h6-8,10-11,14-18H,5,9,12-13H2,1-4H3,(H,27,28)/b19-14+. The third-order valence-electron chi connectivity index (χ3n) is 4.90. The fraction of sp³-hybridized carbons (Fsp3) is 0.346. The van der Waals surface area contributed by atoms with Gasteiger partial charge in [-0.15, -0.1) is 0 Å². The first kappa shape index (κ1) is 22.6. The zero-order chi connectivity index (χ0) is 22.2. The van der Waals surface area contributed by atoms with E-state index >= 15 is 0 Å². The molecule has 0 unspecified atom stereocenters. The Bertz CT molecular complexity index is 1030. The highest BCUT2D eigenvalue weighted by Crippen LogP contribution is 2.37. The van der Waals surface area contributed by atoms with Crippen molar-refractivity contribution in [2.45, 2.75) is 40.2 Å². The molecule has 1 heterocycles. The van der Waals surface area contributed by atoms with Crippen LogP contribution in [0.3, 0.4) is 0 Å². The first-order valence-corrected chi connectivity index (χ1v) is 10.8. The third kappa shape index (κ3) is 5.98. The molecule has 31 heavy (non-hydrogen) atoms. The first-order valence-electron chi connectivity index (χ1n) is 10.8. The van der Waals surface area contributed by atoms with E-state index in [9.17, 15) is 4.79 Å². The molecule has 1 amide bonds. The molecule has 0 aliphatic rings. The van der Waals surface area contributed by atoms with Gasteiger partial charge in [0, 0.05) is 41.8 Å². The van der Waals surface area contributed by atoms with E-state index in [1.807, 2.05) is 58.0 Å². The number of hydrogen-bond acceptors (Lipinski definition) is 4. The molecule has 3 rings (SSSR count). The summed E-state index contributed by atoms with van der Waals surface area (Å²) in [7, 11) is 0. The third-order valence-corrected chi connectivity index (χ3v) is 4.90. The Morgan fingerprint density at radius 3 is 2.68 bits per heavy atom. The number of carbonyl (C=O) groups excluding carboxylic acids is 1. The van der Waals surface area contributed by atoms with Crippen LogP contribution in [0.15, 0.2) is 59.2 Å². The number of hydrogen-bond donors (Lipinski definition) is 1. The van der Waals surface area contributed by atoms with Gasteiger partial charge in [0.1, 0.15) is 11.3 Å². The van der Waals surface area contributed by atoms with Gasteiger partial charge >= 0.3 is 0 Å². The molecule has 3 aromatic rings. The summed E-state index contributed by atoms with van der Waals surface area (Å²) in [6, 6.07) is 14.1. The smallest absolute Gasteiger partial charge is 0.244 e. The van der Waals surface area contributed by atoms with E-state index in [1.165, 1.54) is 0 Å². The molecular formula is C26H31NO4. The number of nitrogens with one attached hydrogen (secondary N) is 1. The van der Waals surface area contributed by atoms with Gasteiger partial charge in [-0.3, -0.25) is 4.79 Å². The number of allylic oxidation sites excluding steroid dienone is 1. The molecule has 0 saturated heterocycles. The van der Waals surface area contributed by atoms with E-state index in [0.29, 0.717) is 25.5 Å². The second-order valence-corrected chi connectivity index (χ2v) is 7.68. The van der Waals surface area contributed by atoms with Gasteiger partial charge in [-0.05, 0) is 51.3 Å². The normalized spacial score (nSPS) is 11.8. The maximum Gasteiger partial charge on any atom is 0.244 e. The van der Waals surface area contributed by atoms with Gasteiger partial charge in [0.2, 0.25) is 5.91 Å². The van der Waals surface area contributed by atoms with Crippen molar-refractivity contribution in [3.05, 3.63) is 60.4 Å². The summed E-state index contributed by atoms with van der Waals surface area (Å²) in [5.41, 5.74) is 4.57. The lowest BCUT2D eigenvalue weighted by atomic mass is 9.99. The van der Waals surface area contributed by atoms with E-state index in [1.54, 1.807) is 12.3 Å². The molecule has 1 aromatic heterocycles. The summed E-state index contributed by atoms with van der Waals surface area (Å²) >= 11 is 0. The van der Waals surface area contributed by atoms with Crippen molar-refractivity contribution in [2.75, 3.05) is 19.8 Å². The van der Waals surface area contributed by atoms with Crippen LogP contribution in [-0.4, -0.2) is 31.8 Å². The Balaban J connectivity index is 1.84. The maximum atomic E-state index is 12.4. The van der Waals surface area contributed by atoms with Gasteiger partial charge in [0.15, 0.2) is 0 Å². The lowest BCUT2D eigenvalue weighted by molar-refractivity contribution is -0.116. The van der Waals surface area contributed by atoms with Crippen LogP contribution in [0.2, 0.25) is 0 Å². The Hall–Kier alpha value is -3.05. The average molecular weight is 422 g/mol. The Kier molecular flexibility index (Phi) is 7.90. The Morgan fingerprint density at radius 1 is 1.19 bits per heavy atom. The number of fused-ring (bicyclic) bond motifs is 1. The minimum atomic E-state index is -0.125. The van der Waals surface area contributed by atoms with Gasteiger partial charge in [0.05, 0.1) is 19.0 Å². The molecule has 2 aromatic carbocycles. The SMILES string of the molecule is CCOc1cc2occ(-c3ccccc3)c2cc1/C(C)=C/C(=O)NCCCOC(C)C. The van der Waals surface area contributed by atoms with Gasteiger partial charge in [-0.2, -0.15) is 0 Å². The second-order valence-electron chi connectivity index (χ2n) is 7.68. The number of carbonyl (C=O) groups is 1. The summed E-state index contributed by atoms with van der Waals surface area (Å²) in [6.07, 6.45) is 4.37. The van der Waals surface area contributed by atoms with Crippen LogP contribution in [0.5, 0.6) is 5.75 Å². The van der Waals surface area contributed by atoms with E-state index in [4.69, 9.17) is 13.9 Å². The quantitative estimate of drug-likeness (QED) is 0.330. The van der Waals surface area contributed by atoms with Gasteiger partial charge < -0.3 is 19.2 Å².